The van der Waals surface area contributed by atoms with Gasteiger partial charge in [0, 0.05) is 42.5 Å². The Bertz CT molecular complexity index is 1430. The number of thiophene rings is 1. The topological polar surface area (TPSA) is 79.3 Å². The first-order valence-electron chi connectivity index (χ1n) is 14.9. The highest BCUT2D eigenvalue weighted by molar-refractivity contribution is 7.09. The molecule has 1 atom stereocenters. The van der Waals surface area contributed by atoms with Gasteiger partial charge in [-0.05, 0) is 73.4 Å². The third-order valence-electron chi connectivity index (χ3n) is 8.17. The Hall–Kier alpha value is -3.49. The first-order chi connectivity index (χ1) is 20.0. The van der Waals surface area contributed by atoms with Gasteiger partial charge in [-0.2, -0.15) is 0 Å². The molecule has 8 heteroatoms. The van der Waals surface area contributed by atoms with Crippen LogP contribution >= 0.6 is 11.3 Å². The number of hydrogen-bond donors (Lipinski definition) is 2. The van der Waals surface area contributed by atoms with E-state index in [-0.39, 0.29) is 18.4 Å². The zero-order chi connectivity index (χ0) is 28.6. The summed E-state index contributed by atoms with van der Waals surface area (Å²) >= 11 is 1.74. The fraction of sp³-hybridized carbons (Fsp3) is 0.424. The highest BCUT2D eigenvalue weighted by Crippen LogP contribution is 2.28. The van der Waals surface area contributed by atoms with Crippen molar-refractivity contribution in [3.63, 3.8) is 0 Å². The van der Waals surface area contributed by atoms with Gasteiger partial charge in [-0.25, -0.2) is 4.98 Å². The molecule has 7 nitrogen and oxygen atoms in total. The number of rotatable bonds is 13. The van der Waals surface area contributed by atoms with E-state index in [4.69, 9.17) is 4.98 Å². The Morgan fingerprint density at radius 2 is 1.88 bits per heavy atom. The molecule has 2 aromatic heterocycles. The van der Waals surface area contributed by atoms with Crippen molar-refractivity contribution < 1.29 is 9.59 Å². The van der Waals surface area contributed by atoms with Gasteiger partial charge in [0.05, 0.1) is 17.6 Å². The molecule has 0 radical (unpaired) electrons. The summed E-state index contributed by atoms with van der Waals surface area (Å²) < 4.78 is 2.34. The van der Waals surface area contributed by atoms with Crippen molar-refractivity contribution in [2.75, 3.05) is 32.7 Å². The van der Waals surface area contributed by atoms with E-state index >= 15 is 0 Å². The summed E-state index contributed by atoms with van der Waals surface area (Å²) in [5, 5.41) is 7.90. The minimum Gasteiger partial charge on any atom is -0.354 e. The largest absolute Gasteiger partial charge is 0.354 e. The van der Waals surface area contributed by atoms with E-state index in [0.717, 1.165) is 68.6 Å². The number of benzene rings is 2. The second kappa shape index (κ2) is 13.9. The van der Waals surface area contributed by atoms with E-state index in [1.807, 2.05) is 24.3 Å². The number of carbonyl (C=O) groups excluding carboxylic acids is 2. The molecule has 5 rings (SSSR count). The molecule has 0 saturated carbocycles. The van der Waals surface area contributed by atoms with E-state index < -0.39 is 0 Å². The fourth-order valence-corrected chi connectivity index (χ4v) is 6.54. The van der Waals surface area contributed by atoms with Crippen LogP contribution in [0.25, 0.3) is 11.0 Å². The number of hydrogen-bond acceptors (Lipinski definition) is 5. The van der Waals surface area contributed by atoms with Gasteiger partial charge in [-0.15, -0.1) is 11.3 Å². The maximum Gasteiger partial charge on any atom is 0.251 e. The molecule has 2 amide bonds. The number of carbonyl (C=O) groups is 2. The molecular weight excluding hydrogens is 530 g/mol. The molecular formula is C33H41N5O2S. The summed E-state index contributed by atoms with van der Waals surface area (Å²) in [4.78, 5) is 34.2. The van der Waals surface area contributed by atoms with Crippen LogP contribution in [0, 0.1) is 5.92 Å². The number of likely N-dealkylation sites (tertiary alicyclic amines) is 1. The van der Waals surface area contributed by atoms with Crippen LogP contribution in [0.5, 0.6) is 0 Å². The van der Waals surface area contributed by atoms with Crippen molar-refractivity contribution in [1.82, 2.24) is 25.1 Å². The van der Waals surface area contributed by atoms with Crippen molar-refractivity contribution in [2.24, 2.45) is 5.92 Å². The second-order valence-electron chi connectivity index (χ2n) is 11.0. The van der Waals surface area contributed by atoms with Gasteiger partial charge < -0.3 is 20.1 Å². The van der Waals surface area contributed by atoms with E-state index in [1.165, 1.54) is 10.4 Å². The van der Waals surface area contributed by atoms with E-state index in [1.54, 1.807) is 11.3 Å². The Kier molecular flexibility index (Phi) is 9.85. The van der Waals surface area contributed by atoms with Gasteiger partial charge in [0.25, 0.3) is 5.91 Å². The minimum absolute atomic E-state index is 0.0346. The fourth-order valence-electron chi connectivity index (χ4n) is 5.84. The van der Waals surface area contributed by atoms with Gasteiger partial charge in [-0.3, -0.25) is 9.59 Å². The number of amides is 2. The first-order valence-corrected chi connectivity index (χ1v) is 15.8. The number of nitrogens with one attached hydrogen (secondary N) is 2. The quantitative estimate of drug-likeness (QED) is 0.223. The molecule has 1 fully saturated rings. The standard InChI is InChI=1S/C33H41N5O2S/c1-3-27(4-2)38-30-13-12-26(19-29(30)36-31(38)20-28-11-8-18-41-28)33(40)35-22-32(39)34-21-25-15-17-37(23-25)16-14-24-9-6-5-7-10-24/h5-13,18-19,25,27H,3-4,14-17,20-23H2,1-2H3,(H,34,39)(H,35,40). The maximum absolute atomic E-state index is 12.9. The van der Waals surface area contributed by atoms with Gasteiger partial charge in [0.2, 0.25) is 5.91 Å². The van der Waals surface area contributed by atoms with E-state index in [0.29, 0.717) is 24.1 Å². The summed E-state index contributed by atoms with van der Waals surface area (Å²) in [5.74, 6) is 1.06. The van der Waals surface area contributed by atoms with Crippen molar-refractivity contribution >= 4 is 34.2 Å². The third-order valence-corrected chi connectivity index (χ3v) is 9.05. The van der Waals surface area contributed by atoms with Crippen LogP contribution < -0.4 is 10.6 Å². The van der Waals surface area contributed by atoms with E-state index in [2.05, 4.69) is 75.7 Å². The summed E-state index contributed by atoms with van der Waals surface area (Å²) in [6.07, 6.45) is 4.94. The zero-order valence-corrected chi connectivity index (χ0v) is 25.0. The van der Waals surface area contributed by atoms with Crippen LogP contribution in [0.4, 0.5) is 0 Å². The normalized spacial score (nSPS) is 15.5. The molecule has 3 heterocycles. The lowest BCUT2D eigenvalue weighted by molar-refractivity contribution is -0.120. The second-order valence-corrected chi connectivity index (χ2v) is 12.0. The molecule has 0 aliphatic carbocycles. The molecule has 2 aromatic carbocycles. The van der Waals surface area contributed by atoms with E-state index in [9.17, 15) is 9.59 Å². The van der Waals surface area contributed by atoms with Gasteiger partial charge in [0.15, 0.2) is 0 Å². The minimum atomic E-state index is -0.258. The summed E-state index contributed by atoms with van der Waals surface area (Å²) in [6, 6.07) is 20.8. The Morgan fingerprint density at radius 1 is 1.05 bits per heavy atom. The summed E-state index contributed by atoms with van der Waals surface area (Å²) in [6.45, 7) is 8.12. The van der Waals surface area contributed by atoms with Crippen LogP contribution in [0.2, 0.25) is 0 Å². The number of aromatic nitrogens is 2. The summed E-state index contributed by atoms with van der Waals surface area (Å²) in [5.41, 5.74) is 3.75. The molecule has 4 aromatic rings. The molecule has 0 spiro atoms. The lowest BCUT2D eigenvalue weighted by Crippen LogP contribution is -2.39. The van der Waals surface area contributed by atoms with Crippen molar-refractivity contribution in [2.45, 2.75) is 52.0 Å². The molecule has 1 unspecified atom stereocenters. The summed E-state index contributed by atoms with van der Waals surface area (Å²) in [7, 11) is 0. The lowest BCUT2D eigenvalue weighted by atomic mass is 10.1. The van der Waals surface area contributed by atoms with Gasteiger partial charge in [0.1, 0.15) is 5.82 Å². The molecule has 216 valence electrons. The van der Waals surface area contributed by atoms with Crippen molar-refractivity contribution in [3.05, 3.63) is 87.9 Å². The Labute approximate surface area is 247 Å². The zero-order valence-electron chi connectivity index (χ0n) is 24.1. The molecule has 41 heavy (non-hydrogen) atoms. The van der Waals surface area contributed by atoms with Crippen LogP contribution in [0.3, 0.4) is 0 Å². The van der Waals surface area contributed by atoms with Crippen LogP contribution in [-0.2, 0) is 17.6 Å². The Balaban J connectivity index is 1.12. The maximum atomic E-state index is 12.9. The van der Waals surface area contributed by atoms with Gasteiger partial charge >= 0.3 is 0 Å². The van der Waals surface area contributed by atoms with Crippen LogP contribution in [0.1, 0.15) is 65.8 Å². The number of nitrogens with zero attached hydrogens (tertiary/aromatic N) is 3. The third kappa shape index (κ3) is 7.43. The monoisotopic (exact) mass is 571 g/mol. The highest BCUT2D eigenvalue weighted by Gasteiger charge is 2.23. The molecule has 2 N–H and O–H groups in total. The lowest BCUT2D eigenvalue weighted by Gasteiger charge is -2.19. The SMILES string of the molecule is CCC(CC)n1c(Cc2cccs2)nc2cc(C(=O)NCC(=O)NCC3CCN(CCc4ccccc4)C3)ccc21. The van der Waals surface area contributed by atoms with Crippen molar-refractivity contribution in [3.8, 4) is 0 Å². The predicted molar refractivity (Wildman–Crippen MR) is 167 cm³/mol. The smallest absolute Gasteiger partial charge is 0.251 e. The number of imidazole rings is 1. The highest BCUT2D eigenvalue weighted by atomic mass is 32.1. The molecule has 1 aliphatic rings. The van der Waals surface area contributed by atoms with Crippen LogP contribution in [-0.4, -0.2) is 59.0 Å². The Morgan fingerprint density at radius 3 is 2.63 bits per heavy atom. The first kappa shape index (κ1) is 29.0. The van der Waals surface area contributed by atoms with Crippen molar-refractivity contribution in [1.29, 1.82) is 0 Å². The number of fused-ring (bicyclic) bond motifs is 1. The predicted octanol–water partition coefficient (Wildman–Crippen LogP) is 5.46. The molecule has 1 aliphatic heterocycles. The average molecular weight is 572 g/mol. The average Bonchev–Trinajstić information content (AvgIpc) is 3.76. The molecule has 0 bridgehead atoms. The molecule has 1 saturated heterocycles. The van der Waals surface area contributed by atoms with Gasteiger partial charge in [-0.1, -0.05) is 50.2 Å². The van der Waals surface area contributed by atoms with Crippen LogP contribution in [0.15, 0.2) is 66.0 Å².